The van der Waals surface area contributed by atoms with Gasteiger partial charge in [0.05, 0.1) is 23.9 Å². The van der Waals surface area contributed by atoms with E-state index in [0.29, 0.717) is 5.56 Å². The van der Waals surface area contributed by atoms with Gasteiger partial charge < -0.3 is 4.57 Å². The van der Waals surface area contributed by atoms with Gasteiger partial charge >= 0.3 is 0 Å². The third-order valence-corrected chi connectivity index (χ3v) is 4.36. The molecular formula is C17H17N3S. The lowest BCUT2D eigenvalue weighted by Crippen LogP contribution is -2.11. The molecule has 106 valence electrons. The summed E-state index contributed by atoms with van der Waals surface area (Å²) in [5.74, 6) is 0. The highest BCUT2D eigenvalue weighted by Gasteiger charge is 2.17. The number of hydrogen-bond acceptors (Lipinski definition) is 3. The summed E-state index contributed by atoms with van der Waals surface area (Å²) in [5.41, 5.74) is 3.08. The van der Waals surface area contributed by atoms with Crippen molar-refractivity contribution in [3.63, 3.8) is 0 Å². The summed E-state index contributed by atoms with van der Waals surface area (Å²) in [6.45, 7) is 7.32. The molecule has 3 aromatic rings. The minimum Gasteiger partial charge on any atom is -0.341 e. The number of aromatic nitrogens is 2. The topological polar surface area (TPSA) is 41.6 Å². The number of fused-ring (bicyclic) bond motifs is 1. The van der Waals surface area contributed by atoms with Crippen LogP contribution < -0.4 is 0 Å². The molecule has 2 aromatic heterocycles. The van der Waals surface area contributed by atoms with E-state index in [1.807, 2.05) is 18.2 Å². The van der Waals surface area contributed by atoms with Gasteiger partial charge in [0, 0.05) is 27.9 Å². The van der Waals surface area contributed by atoms with Gasteiger partial charge in [-0.25, -0.2) is 4.98 Å². The Balaban J connectivity index is 1.92. The average Bonchev–Trinajstić information content (AvgIpc) is 3.06. The van der Waals surface area contributed by atoms with Crippen molar-refractivity contribution in [3.05, 3.63) is 52.1 Å². The maximum absolute atomic E-state index is 8.95. The molecule has 0 N–H and O–H groups in total. The molecule has 3 nitrogen and oxygen atoms in total. The van der Waals surface area contributed by atoms with Gasteiger partial charge in [-0.2, -0.15) is 5.26 Å². The van der Waals surface area contributed by atoms with Crippen LogP contribution in [0.1, 0.15) is 37.0 Å². The second-order valence-electron chi connectivity index (χ2n) is 6.21. The lowest BCUT2D eigenvalue weighted by Gasteiger charge is -2.14. The Morgan fingerprint density at radius 1 is 1.29 bits per heavy atom. The summed E-state index contributed by atoms with van der Waals surface area (Å²) >= 11 is 1.71. The van der Waals surface area contributed by atoms with Crippen molar-refractivity contribution >= 4 is 22.2 Å². The van der Waals surface area contributed by atoms with E-state index in [4.69, 9.17) is 10.2 Å². The number of rotatable bonds is 2. The molecule has 3 rings (SSSR count). The van der Waals surface area contributed by atoms with Crippen molar-refractivity contribution in [3.8, 4) is 6.07 Å². The van der Waals surface area contributed by atoms with Crippen molar-refractivity contribution in [2.24, 2.45) is 0 Å². The number of nitrogens with zero attached hydrogens (tertiary/aromatic N) is 3. The van der Waals surface area contributed by atoms with E-state index in [1.165, 1.54) is 0 Å². The summed E-state index contributed by atoms with van der Waals surface area (Å²) in [6, 6.07) is 10.0. The zero-order valence-electron chi connectivity index (χ0n) is 12.4. The van der Waals surface area contributed by atoms with Gasteiger partial charge in [-0.05, 0) is 24.3 Å². The summed E-state index contributed by atoms with van der Waals surface area (Å²) in [6.07, 6.45) is 2.06. The van der Waals surface area contributed by atoms with Gasteiger partial charge in [-0.1, -0.05) is 20.8 Å². The Bertz CT molecular complexity index is 828. The van der Waals surface area contributed by atoms with Crippen molar-refractivity contribution < 1.29 is 0 Å². The minimum atomic E-state index is 0.0925. The van der Waals surface area contributed by atoms with Crippen molar-refractivity contribution in [2.75, 3.05) is 0 Å². The maximum Gasteiger partial charge on any atom is 0.113 e. The third kappa shape index (κ3) is 2.70. The first kappa shape index (κ1) is 13.8. The molecule has 0 bridgehead atoms. The van der Waals surface area contributed by atoms with E-state index >= 15 is 0 Å². The summed E-state index contributed by atoms with van der Waals surface area (Å²) < 4.78 is 2.18. The van der Waals surface area contributed by atoms with Gasteiger partial charge in [0.2, 0.25) is 0 Å². The van der Waals surface area contributed by atoms with Crippen LogP contribution in [0, 0.1) is 11.3 Å². The number of benzene rings is 1. The first-order chi connectivity index (χ1) is 9.97. The van der Waals surface area contributed by atoms with Crippen molar-refractivity contribution in [2.45, 2.75) is 32.7 Å². The lowest BCUT2D eigenvalue weighted by molar-refractivity contribution is 0.570. The monoisotopic (exact) mass is 295 g/mol. The maximum atomic E-state index is 8.95. The first-order valence-electron chi connectivity index (χ1n) is 6.91. The van der Waals surface area contributed by atoms with Gasteiger partial charge in [0.15, 0.2) is 0 Å². The summed E-state index contributed by atoms with van der Waals surface area (Å²) in [7, 11) is 0. The first-order valence-corrected chi connectivity index (χ1v) is 7.79. The Hall–Kier alpha value is -2.12. The van der Waals surface area contributed by atoms with Gasteiger partial charge in [-0.15, -0.1) is 11.3 Å². The van der Waals surface area contributed by atoms with Crippen LogP contribution in [-0.4, -0.2) is 9.55 Å². The lowest BCUT2D eigenvalue weighted by atomic mass is 9.93. The Morgan fingerprint density at radius 3 is 2.76 bits per heavy atom. The van der Waals surface area contributed by atoms with Crippen LogP contribution in [0.5, 0.6) is 0 Å². The highest BCUT2D eigenvalue weighted by molar-refractivity contribution is 7.09. The molecule has 0 saturated heterocycles. The Labute approximate surface area is 128 Å². The number of thiazole rings is 1. The van der Waals surface area contributed by atoms with E-state index in [-0.39, 0.29) is 5.41 Å². The predicted octanol–water partition coefficient (Wildman–Crippen LogP) is 4.32. The minimum absolute atomic E-state index is 0.0925. The molecule has 21 heavy (non-hydrogen) atoms. The van der Waals surface area contributed by atoms with Crippen LogP contribution in [-0.2, 0) is 12.0 Å². The zero-order valence-corrected chi connectivity index (χ0v) is 13.2. The fourth-order valence-corrected chi connectivity index (χ4v) is 3.30. The van der Waals surface area contributed by atoms with Gasteiger partial charge in [0.25, 0.3) is 0 Å². The molecule has 0 fully saturated rings. The van der Waals surface area contributed by atoms with Gasteiger partial charge in [-0.3, -0.25) is 0 Å². The molecule has 0 aliphatic heterocycles. The molecule has 4 heteroatoms. The average molecular weight is 295 g/mol. The fraction of sp³-hybridized carbons (Fsp3) is 0.294. The second-order valence-corrected chi connectivity index (χ2v) is 7.15. The molecule has 0 aliphatic rings. The van der Waals surface area contributed by atoms with Gasteiger partial charge in [0.1, 0.15) is 5.01 Å². The van der Waals surface area contributed by atoms with E-state index in [1.54, 1.807) is 11.3 Å². The zero-order chi connectivity index (χ0) is 15.0. The molecule has 0 saturated carbocycles. The summed E-state index contributed by atoms with van der Waals surface area (Å²) in [5, 5.41) is 13.3. The molecule has 0 unspecified atom stereocenters. The van der Waals surface area contributed by atoms with E-state index in [9.17, 15) is 0 Å². The fourth-order valence-electron chi connectivity index (χ4n) is 2.28. The molecule has 2 heterocycles. The molecular weight excluding hydrogens is 278 g/mol. The highest BCUT2D eigenvalue weighted by atomic mass is 32.1. The molecule has 0 atom stereocenters. The van der Waals surface area contributed by atoms with Crippen LogP contribution in [0.4, 0.5) is 0 Å². The number of nitriles is 1. The Morgan fingerprint density at radius 2 is 2.10 bits per heavy atom. The van der Waals surface area contributed by atoms with Crippen LogP contribution in [0.2, 0.25) is 0 Å². The molecule has 0 spiro atoms. The third-order valence-electron chi connectivity index (χ3n) is 3.53. The SMILES string of the molecule is CC(C)(C)c1csc(Cn2ccc3cc(C#N)ccc32)n1. The molecule has 0 radical (unpaired) electrons. The molecule has 0 aliphatic carbocycles. The predicted molar refractivity (Wildman–Crippen MR) is 86.6 cm³/mol. The highest BCUT2D eigenvalue weighted by Crippen LogP contribution is 2.25. The van der Waals surface area contributed by atoms with Crippen LogP contribution in [0.3, 0.4) is 0 Å². The normalized spacial score (nSPS) is 11.7. The second kappa shape index (κ2) is 5.01. The van der Waals surface area contributed by atoms with E-state index in [0.717, 1.165) is 28.1 Å². The van der Waals surface area contributed by atoms with Crippen LogP contribution in [0.25, 0.3) is 10.9 Å². The van der Waals surface area contributed by atoms with Crippen LogP contribution in [0.15, 0.2) is 35.8 Å². The number of hydrogen-bond donors (Lipinski definition) is 0. The molecule has 0 amide bonds. The molecule has 1 aromatic carbocycles. The van der Waals surface area contributed by atoms with E-state index in [2.05, 4.69) is 49.1 Å². The standard InChI is InChI=1S/C17H17N3S/c1-17(2,3)15-11-21-16(19-15)10-20-7-6-13-8-12(9-18)4-5-14(13)20/h4-8,11H,10H2,1-3H3. The van der Waals surface area contributed by atoms with Crippen LogP contribution >= 0.6 is 11.3 Å². The summed E-state index contributed by atoms with van der Waals surface area (Å²) in [4.78, 5) is 4.74. The quantitative estimate of drug-likeness (QED) is 0.706. The smallest absolute Gasteiger partial charge is 0.113 e. The van der Waals surface area contributed by atoms with E-state index < -0.39 is 0 Å². The largest absolute Gasteiger partial charge is 0.341 e. The van der Waals surface area contributed by atoms with Crippen molar-refractivity contribution in [1.82, 2.24) is 9.55 Å². The Kier molecular flexibility index (Phi) is 3.30. The van der Waals surface area contributed by atoms with Crippen molar-refractivity contribution in [1.29, 1.82) is 5.26 Å².